The minimum Gasteiger partial charge on any atom is -0.489 e. The number of aliphatic carboxylic acids is 1. The van der Waals surface area contributed by atoms with Gasteiger partial charge in [-0.25, -0.2) is 4.39 Å². The van der Waals surface area contributed by atoms with Crippen molar-refractivity contribution in [2.45, 2.75) is 13.0 Å². The molecule has 1 N–H and O–H groups in total. The second-order valence-corrected chi connectivity index (χ2v) is 5.11. The van der Waals surface area contributed by atoms with Crippen molar-refractivity contribution in [3.8, 4) is 5.75 Å². The second-order valence-electron chi connectivity index (χ2n) is 4.26. The molecule has 2 rings (SSSR count). The zero-order valence-electron chi connectivity index (χ0n) is 10.5. The zero-order chi connectivity index (χ0) is 14.5. The van der Waals surface area contributed by atoms with Crippen LogP contribution in [0.1, 0.15) is 11.1 Å². The summed E-state index contributed by atoms with van der Waals surface area (Å²) in [6.07, 6.45) is -0.0424. The average Bonchev–Trinajstić information content (AvgIpc) is 2.40. The van der Waals surface area contributed by atoms with Crippen LogP contribution in [0.4, 0.5) is 4.39 Å². The number of halogens is 2. The van der Waals surface area contributed by atoms with Crippen LogP contribution in [0.5, 0.6) is 5.75 Å². The number of rotatable bonds is 5. The number of ether oxygens (including phenoxy) is 1. The van der Waals surface area contributed by atoms with E-state index in [4.69, 9.17) is 9.84 Å². The minimum absolute atomic E-state index is 0.0424. The molecule has 0 saturated heterocycles. The molecule has 5 heteroatoms. The standard InChI is InChI=1S/C15H12BrFO3/c16-13-7-11(4-5-14(13)17)9-20-12-3-1-2-10(6-12)8-15(18)19/h1-7H,8-9H2,(H,18,19). The van der Waals surface area contributed by atoms with Crippen molar-refractivity contribution in [1.82, 2.24) is 0 Å². The lowest BCUT2D eigenvalue weighted by Gasteiger charge is -2.08. The van der Waals surface area contributed by atoms with Gasteiger partial charge in [0, 0.05) is 0 Å². The third-order valence-corrected chi connectivity index (χ3v) is 3.25. The SMILES string of the molecule is O=C(O)Cc1cccc(OCc2ccc(F)c(Br)c2)c1. The quantitative estimate of drug-likeness (QED) is 0.901. The molecule has 0 bridgehead atoms. The first kappa shape index (κ1) is 14.5. The number of carbonyl (C=O) groups is 1. The highest BCUT2D eigenvalue weighted by atomic mass is 79.9. The molecule has 0 aliphatic heterocycles. The highest BCUT2D eigenvalue weighted by molar-refractivity contribution is 9.10. The summed E-state index contributed by atoms with van der Waals surface area (Å²) in [4.78, 5) is 10.6. The normalized spacial score (nSPS) is 10.3. The van der Waals surface area contributed by atoms with Crippen LogP contribution in [0.25, 0.3) is 0 Å². The highest BCUT2D eigenvalue weighted by Crippen LogP contribution is 2.19. The topological polar surface area (TPSA) is 46.5 Å². The highest BCUT2D eigenvalue weighted by Gasteiger charge is 2.04. The summed E-state index contributed by atoms with van der Waals surface area (Å²) >= 11 is 3.12. The van der Waals surface area contributed by atoms with Gasteiger partial charge in [-0.2, -0.15) is 0 Å². The van der Waals surface area contributed by atoms with Crippen molar-refractivity contribution in [2.24, 2.45) is 0 Å². The summed E-state index contributed by atoms with van der Waals surface area (Å²) in [7, 11) is 0. The fourth-order valence-corrected chi connectivity index (χ4v) is 2.14. The van der Waals surface area contributed by atoms with Crippen LogP contribution in [0.3, 0.4) is 0 Å². The summed E-state index contributed by atoms with van der Waals surface area (Å²) in [5.74, 6) is -0.619. The van der Waals surface area contributed by atoms with Crippen LogP contribution in [0.15, 0.2) is 46.9 Å². The first-order valence-corrected chi connectivity index (χ1v) is 6.71. The molecule has 2 aromatic rings. The Morgan fingerprint density at radius 1 is 1.20 bits per heavy atom. The fraction of sp³-hybridized carbons (Fsp3) is 0.133. The van der Waals surface area contributed by atoms with E-state index in [1.165, 1.54) is 6.07 Å². The van der Waals surface area contributed by atoms with Crippen molar-refractivity contribution in [2.75, 3.05) is 0 Å². The summed E-state index contributed by atoms with van der Waals surface area (Å²) < 4.78 is 19.1. The Balaban J connectivity index is 2.03. The Morgan fingerprint density at radius 2 is 2.00 bits per heavy atom. The predicted molar refractivity (Wildman–Crippen MR) is 76.2 cm³/mol. The van der Waals surface area contributed by atoms with E-state index in [1.807, 2.05) is 0 Å². The van der Waals surface area contributed by atoms with Gasteiger partial charge in [-0.3, -0.25) is 4.79 Å². The van der Waals surface area contributed by atoms with Crippen LogP contribution in [-0.2, 0) is 17.8 Å². The lowest BCUT2D eigenvalue weighted by molar-refractivity contribution is -0.136. The Labute approximate surface area is 124 Å². The van der Waals surface area contributed by atoms with Crippen molar-refractivity contribution in [3.05, 3.63) is 63.9 Å². The molecule has 0 fully saturated rings. The average molecular weight is 339 g/mol. The number of benzene rings is 2. The van der Waals surface area contributed by atoms with Crippen molar-refractivity contribution >= 4 is 21.9 Å². The molecule has 0 radical (unpaired) electrons. The first-order valence-electron chi connectivity index (χ1n) is 5.92. The minimum atomic E-state index is -0.885. The van der Waals surface area contributed by atoms with E-state index < -0.39 is 5.97 Å². The molecule has 0 spiro atoms. The maximum absolute atomic E-state index is 13.1. The van der Waals surface area contributed by atoms with Crippen molar-refractivity contribution < 1.29 is 19.0 Å². The van der Waals surface area contributed by atoms with Gasteiger partial charge in [-0.15, -0.1) is 0 Å². The summed E-state index contributed by atoms with van der Waals surface area (Å²) in [6, 6.07) is 11.6. The van der Waals surface area contributed by atoms with Crippen LogP contribution < -0.4 is 4.74 Å². The van der Waals surface area contributed by atoms with Gasteiger partial charge in [0.15, 0.2) is 0 Å². The number of hydrogen-bond acceptors (Lipinski definition) is 2. The smallest absolute Gasteiger partial charge is 0.307 e. The van der Waals surface area contributed by atoms with Crippen LogP contribution in [-0.4, -0.2) is 11.1 Å². The lowest BCUT2D eigenvalue weighted by Crippen LogP contribution is -2.01. The zero-order valence-corrected chi connectivity index (χ0v) is 12.1. The van der Waals surface area contributed by atoms with Crippen LogP contribution in [0, 0.1) is 5.82 Å². The Kier molecular flexibility index (Phi) is 4.74. The van der Waals surface area contributed by atoms with E-state index >= 15 is 0 Å². The summed E-state index contributed by atoms with van der Waals surface area (Å²) in [5, 5.41) is 8.74. The van der Waals surface area contributed by atoms with E-state index in [0.29, 0.717) is 15.8 Å². The molecule has 0 unspecified atom stereocenters. The fourth-order valence-electron chi connectivity index (χ4n) is 1.72. The summed E-state index contributed by atoms with van der Waals surface area (Å²) in [6.45, 7) is 0.287. The van der Waals surface area contributed by atoms with Gasteiger partial charge in [-0.05, 0) is 51.3 Å². The van der Waals surface area contributed by atoms with Gasteiger partial charge in [0.2, 0.25) is 0 Å². The van der Waals surface area contributed by atoms with E-state index in [-0.39, 0.29) is 18.8 Å². The number of carboxylic acids is 1. The maximum atomic E-state index is 13.1. The molecule has 0 aromatic heterocycles. The molecule has 0 saturated carbocycles. The summed E-state index contributed by atoms with van der Waals surface area (Å²) in [5.41, 5.74) is 1.50. The van der Waals surface area contributed by atoms with Gasteiger partial charge in [-0.1, -0.05) is 18.2 Å². The predicted octanol–water partition coefficient (Wildman–Crippen LogP) is 3.79. The molecule has 104 valence electrons. The lowest BCUT2D eigenvalue weighted by atomic mass is 10.1. The first-order chi connectivity index (χ1) is 9.54. The Morgan fingerprint density at radius 3 is 2.70 bits per heavy atom. The Hall–Kier alpha value is -1.88. The molecule has 0 aliphatic carbocycles. The van der Waals surface area contributed by atoms with E-state index in [1.54, 1.807) is 36.4 Å². The third kappa shape index (κ3) is 4.06. The molecule has 0 amide bonds. The molecular formula is C15H12BrFO3. The molecule has 20 heavy (non-hydrogen) atoms. The van der Waals surface area contributed by atoms with Crippen LogP contribution >= 0.6 is 15.9 Å². The molecule has 2 aromatic carbocycles. The van der Waals surface area contributed by atoms with Crippen molar-refractivity contribution in [3.63, 3.8) is 0 Å². The van der Waals surface area contributed by atoms with Crippen LogP contribution in [0.2, 0.25) is 0 Å². The van der Waals surface area contributed by atoms with E-state index in [2.05, 4.69) is 15.9 Å². The van der Waals surface area contributed by atoms with Gasteiger partial charge in [0.1, 0.15) is 18.2 Å². The van der Waals surface area contributed by atoms with E-state index in [9.17, 15) is 9.18 Å². The molecular weight excluding hydrogens is 327 g/mol. The molecule has 0 aliphatic rings. The maximum Gasteiger partial charge on any atom is 0.307 e. The van der Waals surface area contributed by atoms with Gasteiger partial charge >= 0.3 is 5.97 Å². The largest absolute Gasteiger partial charge is 0.489 e. The van der Waals surface area contributed by atoms with Gasteiger partial charge in [0.05, 0.1) is 10.9 Å². The molecule has 3 nitrogen and oxygen atoms in total. The molecule has 0 heterocycles. The second kappa shape index (κ2) is 6.52. The van der Waals surface area contributed by atoms with Gasteiger partial charge < -0.3 is 9.84 Å². The third-order valence-electron chi connectivity index (χ3n) is 2.64. The van der Waals surface area contributed by atoms with Crippen molar-refractivity contribution in [1.29, 1.82) is 0 Å². The number of hydrogen-bond donors (Lipinski definition) is 1. The van der Waals surface area contributed by atoms with E-state index in [0.717, 1.165) is 5.56 Å². The Bertz CT molecular complexity index is 628. The van der Waals surface area contributed by atoms with Gasteiger partial charge in [0.25, 0.3) is 0 Å². The molecule has 0 atom stereocenters. The number of carboxylic acid groups (broad SMARTS) is 1. The monoisotopic (exact) mass is 338 g/mol.